The van der Waals surface area contributed by atoms with Crippen molar-refractivity contribution in [2.24, 2.45) is 0 Å². The number of pyridine rings is 1. The minimum absolute atomic E-state index is 0.547. The molecule has 3 heteroatoms. The van der Waals surface area contributed by atoms with Crippen molar-refractivity contribution in [2.75, 3.05) is 7.11 Å². The average molecular weight is 237 g/mol. The van der Waals surface area contributed by atoms with Crippen molar-refractivity contribution in [2.45, 2.75) is 0 Å². The molecule has 0 saturated heterocycles. The van der Waals surface area contributed by atoms with Crippen LogP contribution in [-0.2, 0) is 0 Å². The maximum absolute atomic E-state index is 10.8. The summed E-state index contributed by atoms with van der Waals surface area (Å²) in [4.78, 5) is 14.8. The lowest BCUT2D eigenvalue weighted by Crippen LogP contribution is -1.88. The monoisotopic (exact) mass is 237 g/mol. The maximum atomic E-state index is 10.8. The average Bonchev–Trinajstić information content (AvgIpc) is 2.46. The predicted octanol–water partition coefficient (Wildman–Crippen LogP) is 2.30. The molecule has 2 rings (SSSR count). The van der Waals surface area contributed by atoms with Gasteiger partial charge in [-0.2, -0.15) is 0 Å². The van der Waals surface area contributed by atoms with E-state index in [0.717, 1.165) is 17.6 Å². The van der Waals surface area contributed by atoms with Gasteiger partial charge in [-0.05, 0) is 30.3 Å². The predicted molar refractivity (Wildman–Crippen MR) is 68.6 cm³/mol. The summed E-state index contributed by atoms with van der Waals surface area (Å²) in [6.07, 6.45) is 3.93. The molecule has 1 heterocycles. The van der Waals surface area contributed by atoms with E-state index >= 15 is 0 Å². The number of hydrogen-bond donors (Lipinski definition) is 0. The van der Waals surface area contributed by atoms with Gasteiger partial charge in [-0.25, -0.2) is 0 Å². The molecule has 0 bridgehead atoms. The van der Waals surface area contributed by atoms with Crippen LogP contribution in [0.5, 0.6) is 5.75 Å². The molecule has 0 unspecified atom stereocenters. The summed E-state index contributed by atoms with van der Waals surface area (Å²) in [5.41, 5.74) is 2.03. The molecule has 88 valence electrons. The molecule has 3 nitrogen and oxygen atoms in total. The third kappa shape index (κ3) is 2.74. The summed E-state index contributed by atoms with van der Waals surface area (Å²) in [6.45, 7) is 0. The van der Waals surface area contributed by atoms with Crippen LogP contribution in [0.2, 0.25) is 0 Å². The van der Waals surface area contributed by atoms with E-state index in [-0.39, 0.29) is 0 Å². The number of aromatic nitrogens is 1. The molecule has 0 amide bonds. The van der Waals surface area contributed by atoms with E-state index in [1.807, 2.05) is 24.3 Å². The van der Waals surface area contributed by atoms with Crippen molar-refractivity contribution >= 4 is 6.29 Å². The summed E-state index contributed by atoms with van der Waals surface area (Å²) >= 11 is 0. The van der Waals surface area contributed by atoms with Crippen molar-refractivity contribution in [1.82, 2.24) is 4.98 Å². The Hall–Kier alpha value is -2.60. The van der Waals surface area contributed by atoms with Crippen molar-refractivity contribution in [3.05, 3.63) is 59.4 Å². The van der Waals surface area contributed by atoms with Crippen LogP contribution in [0.25, 0.3) is 0 Å². The largest absolute Gasteiger partial charge is 0.497 e. The fourth-order valence-corrected chi connectivity index (χ4v) is 1.43. The van der Waals surface area contributed by atoms with E-state index in [1.165, 1.54) is 0 Å². The lowest BCUT2D eigenvalue weighted by atomic mass is 10.1. The van der Waals surface area contributed by atoms with Crippen molar-refractivity contribution in [3.8, 4) is 17.6 Å². The summed E-state index contributed by atoms with van der Waals surface area (Å²) in [6, 6.07) is 9.05. The first-order valence-corrected chi connectivity index (χ1v) is 5.39. The Morgan fingerprint density at radius 2 is 1.94 bits per heavy atom. The zero-order valence-corrected chi connectivity index (χ0v) is 9.88. The van der Waals surface area contributed by atoms with E-state index in [4.69, 9.17) is 4.74 Å². The van der Waals surface area contributed by atoms with Gasteiger partial charge in [0.2, 0.25) is 0 Å². The Balaban J connectivity index is 2.28. The van der Waals surface area contributed by atoms with Crippen molar-refractivity contribution < 1.29 is 9.53 Å². The van der Waals surface area contributed by atoms with Crippen LogP contribution < -0.4 is 4.74 Å². The first-order chi connectivity index (χ1) is 8.83. The minimum Gasteiger partial charge on any atom is -0.497 e. The molecule has 1 aromatic carbocycles. The third-order valence-electron chi connectivity index (χ3n) is 2.41. The Labute approximate surface area is 105 Å². The van der Waals surface area contributed by atoms with E-state index in [1.54, 1.807) is 25.6 Å². The van der Waals surface area contributed by atoms with E-state index in [2.05, 4.69) is 16.8 Å². The van der Waals surface area contributed by atoms with E-state index in [0.29, 0.717) is 11.1 Å². The fraction of sp³-hybridized carbons (Fsp3) is 0.0667. The molecular weight excluding hydrogens is 226 g/mol. The fourth-order valence-electron chi connectivity index (χ4n) is 1.43. The second-order valence-electron chi connectivity index (χ2n) is 3.56. The zero-order chi connectivity index (χ0) is 12.8. The molecule has 0 aliphatic heterocycles. The third-order valence-corrected chi connectivity index (χ3v) is 2.41. The molecule has 18 heavy (non-hydrogen) atoms. The van der Waals surface area contributed by atoms with E-state index < -0.39 is 0 Å². The molecule has 0 radical (unpaired) electrons. The van der Waals surface area contributed by atoms with Gasteiger partial charge >= 0.3 is 0 Å². The molecular formula is C15H11NO2. The molecule has 0 saturated carbocycles. The lowest BCUT2D eigenvalue weighted by Gasteiger charge is -1.97. The Bertz CT molecular complexity index is 606. The lowest BCUT2D eigenvalue weighted by molar-refractivity contribution is 0.112. The SMILES string of the molecule is COc1ccc(C#Cc2cnccc2C=O)cc1. The summed E-state index contributed by atoms with van der Waals surface area (Å²) in [7, 11) is 1.62. The van der Waals surface area contributed by atoms with Gasteiger partial charge in [-0.15, -0.1) is 0 Å². The van der Waals surface area contributed by atoms with Crippen LogP contribution in [0, 0.1) is 11.8 Å². The Morgan fingerprint density at radius 1 is 1.17 bits per heavy atom. The van der Waals surface area contributed by atoms with Crippen LogP contribution >= 0.6 is 0 Å². The number of benzene rings is 1. The van der Waals surface area contributed by atoms with Gasteiger partial charge in [-0.1, -0.05) is 11.8 Å². The topological polar surface area (TPSA) is 39.2 Å². The van der Waals surface area contributed by atoms with Gasteiger partial charge < -0.3 is 4.74 Å². The number of rotatable bonds is 2. The molecule has 0 atom stereocenters. The van der Waals surface area contributed by atoms with Gasteiger partial charge in [0, 0.05) is 23.5 Å². The van der Waals surface area contributed by atoms with Crippen LogP contribution in [0.1, 0.15) is 21.5 Å². The van der Waals surface area contributed by atoms with Crippen LogP contribution in [-0.4, -0.2) is 18.4 Å². The maximum Gasteiger partial charge on any atom is 0.151 e. The number of hydrogen-bond acceptors (Lipinski definition) is 3. The molecule has 0 aliphatic rings. The van der Waals surface area contributed by atoms with Crippen LogP contribution in [0.15, 0.2) is 42.7 Å². The molecule has 2 aromatic rings. The number of aldehydes is 1. The summed E-state index contributed by atoms with van der Waals surface area (Å²) < 4.78 is 5.06. The van der Waals surface area contributed by atoms with Crippen LogP contribution in [0.4, 0.5) is 0 Å². The number of carbonyl (C=O) groups excluding carboxylic acids is 1. The second-order valence-corrected chi connectivity index (χ2v) is 3.56. The van der Waals surface area contributed by atoms with Gasteiger partial charge in [0.15, 0.2) is 6.29 Å². The van der Waals surface area contributed by atoms with Gasteiger partial charge in [0.1, 0.15) is 5.75 Å². The Kier molecular flexibility index (Phi) is 3.72. The number of nitrogens with zero attached hydrogens (tertiary/aromatic N) is 1. The number of ether oxygens (including phenoxy) is 1. The number of carbonyl (C=O) groups is 1. The van der Waals surface area contributed by atoms with E-state index in [9.17, 15) is 4.79 Å². The molecule has 0 fully saturated rings. The van der Waals surface area contributed by atoms with Crippen LogP contribution in [0.3, 0.4) is 0 Å². The zero-order valence-electron chi connectivity index (χ0n) is 9.88. The number of methoxy groups -OCH3 is 1. The highest BCUT2D eigenvalue weighted by molar-refractivity contribution is 5.79. The summed E-state index contributed by atoms with van der Waals surface area (Å²) in [5.74, 6) is 6.70. The molecule has 0 spiro atoms. The molecule has 0 N–H and O–H groups in total. The Morgan fingerprint density at radius 3 is 2.61 bits per heavy atom. The normalized spacial score (nSPS) is 9.17. The minimum atomic E-state index is 0.547. The molecule has 0 aliphatic carbocycles. The first-order valence-electron chi connectivity index (χ1n) is 5.39. The quantitative estimate of drug-likeness (QED) is 0.594. The van der Waals surface area contributed by atoms with Crippen molar-refractivity contribution in [3.63, 3.8) is 0 Å². The van der Waals surface area contributed by atoms with Crippen molar-refractivity contribution in [1.29, 1.82) is 0 Å². The highest BCUT2D eigenvalue weighted by atomic mass is 16.5. The second kappa shape index (κ2) is 5.65. The van der Waals surface area contributed by atoms with Gasteiger partial charge in [0.05, 0.1) is 12.7 Å². The standard InChI is InChI=1S/C15H11NO2/c1-18-15-6-3-12(4-7-15)2-5-13-10-16-9-8-14(13)11-17/h3-4,6-11H,1H3. The molecule has 1 aromatic heterocycles. The smallest absolute Gasteiger partial charge is 0.151 e. The van der Waals surface area contributed by atoms with Gasteiger partial charge in [0.25, 0.3) is 0 Å². The summed E-state index contributed by atoms with van der Waals surface area (Å²) in [5, 5.41) is 0. The highest BCUT2D eigenvalue weighted by Gasteiger charge is 1.96. The first kappa shape index (κ1) is 11.9. The highest BCUT2D eigenvalue weighted by Crippen LogP contribution is 2.10. The van der Waals surface area contributed by atoms with Gasteiger partial charge in [-0.3, -0.25) is 9.78 Å².